The Kier molecular flexibility index (Phi) is 5.64. The van der Waals surface area contributed by atoms with Crippen LogP contribution in [0.4, 0.5) is 18.9 Å². The molecule has 0 radical (unpaired) electrons. The Morgan fingerprint density at radius 2 is 1.71 bits per heavy atom. The highest BCUT2D eigenvalue weighted by Crippen LogP contribution is 2.41. The fourth-order valence-corrected chi connectivity index (χ4v) is 2.51. The Morgan fingerprint density at radius 1 is 1.12 bits per heavy atom. The summed E-state index contributed by atoms with van der Waals surface area (Å²) in [5.41, 5.74) is 4.75. The molecule has 3 N–H and O–H groups in total. The van der Waals surface area contributed by atoms with E-state index in [1.165, 1.54) is 12.1 Å². The number of ether oxygens (including phenoxy) is 1. The number of aromatic nitrogens is 1. The van der Waals surface area contributed by atoms with Crippen molar-refractivity contribution in [3.05, 3.63) is 45.0 Å². The van der Waals surface area contributed by atoms with Crippen LogP contribution in [-0.2, 0) is 6.18 Å². The lowest BCUT2D eigenvalue weighted by Gasteiger charge is -2.13. The summed E-state index contributed by atoms with van der Waals surface area (Å²) in [5.74, 6) is -0.301. The zero-order valence-corrected chi connectivity index (χ0v) is 14.5. The van der Waals surface area contributed by atoms with Gasteiger partial charge in [-0.1, -0.05) is 34.8 Å². The molecular weight excluding hydrogens is 410 g/mol. The van der Waals surface area contributed by atoms with Crippen LogP contribution in [0.1, 0.15) is 5.56 Å². The molecule has 0 bridgehead atoms. The van der Waals surface area contributed by atoms with Crippen molar-refractivity contribution in [3.63, 3.8) is 0 Å². The van der Waals surface area contributed by atoms with E-state index >= 15 is 0 Å². The molecule has 0 atom stereocenters. The molecule has 4 nitrogen and oxygen atoms in total. The highest BCUT2D eigenvalue weighted by Gasteiger charge is 2.32. The van der Waals surface area contributed by atoms with Crippen LogP contribution in [0, 0.1) is 0 Å². The lowest BCUT2D eigenvalue weighted by molar-refractivity contribution is -0.137. The van der Waals surface area contributed by atoms with Gasteiger partial charge in [0.05, 0.1) is 15.6 Å². The molecule has 0 saturated carbocycles. The van der Waals surface area contributed by atoms with Crippen LogP contribution in [0.15, 0.2) is 24.4 Å². The molecule has 1 heterocycles. The van der Waals surface area contributed by atoms with Gasteiger partial charge in [-0.25, -0.2) is 4.98 Å². The van der Waals surface area contributed by atoms with Gasteiger partial charge in [0.15, 0.2) is 10.9 Å². The monoisotopic (exact) mass is 415 g/mol. The molecule has 24 heavy (non-hydrogen) atoms. The molecule has 0 aliphatic heterocycles. The predicted molar refractivity (Wildman–Crippen MR) is 91.2 cm³/mol. The average Bonchev–Trinajstić information content (AvgIpc) is 2.42. The smallest absolute Gasteiger partial charge is 0.417 e. The average molecular weight is 417 g/mol. The highest BCUT2D eigenvalue weighted by molar-refractivity contribution is 7.80. The van der Waals surface area contributed by atoms with E-state index in [9.17, 15) is 13.2 Å². The molecule has 2 rings (SSSR count). The molecule has 11 heteroatoms. The summed E-state index contributed by atoms with van der Waals surface area (Å²) >= 11 is 22.5. The van der Waals surface area contributed by atoms with Crippen LogP contribution in [0.5, 0.6) is 11.6 Å². The molecule has 0 unspecified atom stereocenters. The molecule has 2 aromatic rings. The van der Waals surface area contributed by atoms with E-state index in [-0.39, 0.29) is 31.8 Å². The number of hydrogen-bond donors (Lipinski definition) is 2. The van der Waals surface area contributed by atoms with E-state index in [4.69, 9.17) is 57.5 Å². The number of anilines is 1. The normalized spacial score (nSPS) is 11.2. The number of pyridine rings is 1. The van der Waals surface area contributed by atoms with Gasteiger partial charge >= 0.3 is 6.18 Å². The Hall–Kier alpha value is -1.48. The van der Waals surface area contributed by atoms with Crippen molar-refractivity contribution in [2.75, 3.05) is 5.32 Å². The minimum atomic E-state index is -4.57. The Morgan fingerprint density at radius 3 is 2.17 bits per heavy atom. The largest absolute Gasteiger partial charge is 0.434 e. The van der Waals surface area contributed by atoms with Crippen molar-refractivity contribution < 1.29 is 17.9 Å². The second kappa shape index (κ2) is 7.18. The van der Waals surface area contributed by atoms with Crippen LogP contribution in [0.25, 0.3) is 0 Å². The van der Waals surface area contributed by atoms with Crippen LogP contribution < -0.4 is 15.8 Å². The summed E-state index contributed by atoms with van der Waals surface area (Å²) in [5, 5.41) is 2.40. The topological polar surface area (TPSA) is 60.2 Å². The van der Waals surface area contributed by atoms with E-state index in [0.717, 1.165) is 0 Å². The number of nitrogens with two attached hydrogens (primary N) is 1. The maximum atomic E-state index is 12.6. The molecule has 1 aromatic heterocycles. The number of nitrogens with zero attached hydrogens (tertiary/aromatic N) is 1. The standard InChI is InChI=1S/C13H7Cl3F3N3OS/c14-7-2-6(22-12(20)24)3-8(15)10(7)23-11-9(16)1-5(4-21-11)13(17,18)19/h1-4H,(H3,20,22,24). The number of thiocarbonyl (C=S) groups is 1. The SMILES string of the molecule is NC(=S)Nc1cc(Cl)c(Oc2ncc(C(F)(F)F)cc2Cl)c(Cl)c1. The Labute approximate surface area is 154 Å². The number of hydrogen-bond acceptors (Lipinski definition) is 3. The van der Waals surface area contributed by atoms with Crippen LogP contribution in [-0.4, -0.2) is 10.1 Å². The van der Waals surface area contributed by atoms with Crippen molar-refractivity contribution in [1.82, 2.24) is 4.98 Å². The van der Waals surface area contributed by atoms with Gasteiger partial charge in [0.25, 0.3) is 0 Å². The lowest BCUT2D eigenvalue weighted by atomic mass is 10.3. The molecule has 0 saturated heterocycles. The summed E-state index contributed by atoms with van der Waals surface area (Å²) in [4.78, 5) is 3.55. The summed E-state index contributed by atoms with van der Waals surface area (Å²) in [7, 11) is 0. The predicted octanol–water partition coefficient (Wildman–Crippen LogP) is 5.51. The van der Waals surface area contributed by atoms with Gasteiger partial charge in [-0.05, 0) is 30.4 Å². The zero-order chi connectivity index (χ0) is 18.1. The van der Waals surface area contributed by atoms with E-state index in [1.807, 2.05) is 0 Å². The minimum absolute atomic E-state index is 0.00301. The van der Waals surface area contributed by atoms with E-state index in [0.29, 0.717) is 18.0 Å². The molecule has 0 spiro atoms. The first kappa shape index (κ1) is 18.9. The number of benzene rings is 1. The van der Waals surface area contributed by atoms with Gasteiger partial charge < -0.3 is 15.8 Å². The third-order valence-electron chi connectivity index (χ3n) is 2.60. The molecule has 0 aliphatic carbocycles. The van der Waals surface area contributed by atoms with Crippen molar-refractivity contribution in [2.24, 2.45) is 5.73 Å². The van der Waals surface area contributed by atoms with Gasteiger partial charge in [-0.15, -0.1) is 0 Å². The number of rotatable bonds is 3. The molecule has 128 valence electrons. The Bertz CT molecular complexity index is 779. The van der Waals surface area contributed by atoms with Crippen LogP contribution in [0.2, 0.25) is 15.1 Å². The maximum Gasteiger partial charge on any atom is 0.417 e. The maximum absolute atomic E-state index is 12.6. The zero-order valence-electron chi connectivity index (χ0n) is 11.4. The second-order valence-corrected chi connectivity index (χ2v) is 6.03. The van der Waals surface area contributed by atoms with Gasteiger partial charge in [0.2, 0.25) is 5.88 Å². The van der Waals surface area contributed by atoms with E-state index in [1.54, 1.807) is 0 Å². The summed E-state index contributed by atoms with van der Waals surface area (Å²) in [6.45, 7) is 0. The van der Waals surface area contributed by atoms with Crippen molar-refractivity contribution in [2.45, 2.75) is 6.18 Å². The minimum Gasteiger partial charge on any atom is -0.434 e. The molecular formula is C13H7Cl3F3N3OS. The van der Waals surface area contributed by atoms with E-state index in [2.05, 4.69) is 10.3 Å². The van der Waals surface area contributed by atoms with Crippen molar-refractivity contribution in [3.8, 4) is 11.6 Å². The van der Waals surface area contributed by atoms with Gasteiger partial charge in [0, 0.05) is 11.9 Å². The summed E-state index contributed by atoms with van der Waals surface area (Å²) in [6.07, 6.45) is -3.98. The summed E-state index contributed by atoms with van der Waals surface area (Å²) < 4.78 is 43.1. The molecule has 0 aliphatic rings. The van der Waals surface area contributed by atoms with Gasteiger partial charge in [-0.2, -0.15) is 13.2 Å². The van der Waals surface area contributed by atoms with Crippen LogP contribution >= 0.6 is 47.0 Å². The number of nitrogens with one attached hydrogen (secondary N) is 1. The summed E-state index contributed by atoms with van der Waals surface area (Å²) in [6, 6.07) is 3.52. The fourth-order valence-electron chi connectivity index (χ4n) is 1.62. The first-order valence-electron chi connectivity index (χ1n) is 6.04. The third kappa shape index (κ3) is 4.54. The number of halogens is 6. The fraction of sp³-hybridized carbons (Fsp3) is 0.0769. The Balaban J connectivity index is 2.33. The van der Waals surface area contributed by atoms with Crippen molar-refractivity contribution >= 4 is 57.8 Å². The van der Waals surface area contributed by atoms with Crippen molar-refractivity contribution in [1.29, 1.82) is 0 Å². The first-order chi connectivity index (χ1) is 11.1. The van der Waals surface area contributed by atoms with E-state index < -0.39 is 11.7 Å². The van der Waals surface area contributed by atoms with Gasteiger partial charge in [0.1, 0.15) is 5.02 Å². The second-order valence-electron chi connectivity index (χ2n) is 4.37. The van der Waals surface area contributed by atoms with Crippen LogP contribution in [0.3, 0.4) is 0 Å². The first-order valence-corrected chi connectivity index (χ1v) is 7.58. The lowest BCUT2D eigenvalue weighted by Crippen LogP contribution is -2.18. The quantitative estimate of drug-likeness (QED) is 0.646. The highest BCUT2D eigenvalue weighted by atomic mass is 35.5. The number of alkyl halides is 3. The molecule has 1 aromatic carbocycles. The molecule has 0 fully saturated rings. The van der Waals surface area contributed by atoms with Gasteiger partial charge in [-0.3, -0.25) is 0 Å². The third-order valence-corrected chi connectivity index (χ3v) is 3.53. The molecule has 0 amide bonds.